The van der Waals surface area contributed by atoms with Crippen LogP contribution in [0.5, 0.6) is 0 Å². The normalized spacial score (nSPS) is 11.8. The maximum Gasteiger partial charge on any atom is 0.213 e. The first kappa shape index (κ1) is 12.6. The predicted molar refractivity (Wildman–Crippen MR) is 61.3 cm³/mol. The first-order valence-corrected chi connectivity index (χ1v) is 7.28. The minimum Gasteiger partial charge on any atom is -0.316 e. The molecular weight excluding hydrogens is 234 g/mol. The third-order valence-corrected chi connectivity index (χ3v) is 3.72. The molecule has 0 fully saturated rings. The molecule has 0 saturated heterocycles. The average Bonchev–Trinajstić information content (AvgIpc) is 2.68. The Bertz CT molecular complexity index is 361. The van der Waals surface area contributed by atoms with Crippen LogP contribution < -0.4 is 10.0 Å². The second kappa shape index (κ2) is 6.16. The summed E-state index contributed by atoms with van der Waals surface area (Å²) in [5, 5.41) is 4.79. The van der Waals surface area contributed by atoms with Gasteiger partial charge in [0, 0.05) is 11.9 Å². The lowest BCUT2D eigenvalue weighted by atomic mass is 10.5. The lowest BCUT2D eigenvalue weighted by Gasteiger charge is -2.05. The molecule has 0 saturated carbocycles. The zero-order chi connectivity index (χ0) is 11.1. The topological polar surface area (TPSA) is 71.1 Å². The van der Waals surface area contributed by atoms with Crippen LogP contribution >= 0.6 is 11.3 Å². The van der Waals surface area contributed by atoms with Crippen LogP contribution in [-0.4, -0.2) is 32.2 Å². The largest absolute Gasteiger partial charge is 0.316 e. The van der Waals surface area contributed by atoms with Crippen LogP contribution in [0.2, 0.25) is 0 Å². The summed E-state index contributed by atoms with van der Waals surface area (Å²) in [6.45, 7) is 3.47. The van der Waals surface area contributed by atoms with Crippen molar-refractivity contribution in [3.63, 3.8) is 0 Å². The summed E-state index contributed by atoms with van der Waals surface area (Å²) in [6, 6.07) is 0. The van der Waals surface area contributed by atoms with E-state index in [0.717, 1.165) is 12.2 Å². The van der Waals surface area contributed by atoms with E-state index in [1.165, 1.54) is 11.3 Å². The molecule has 0 atom stereocenters. The van der Waals surface area contributed by atoms with E-state index < -0.39 is 10.0 Å². The fourth-order valence-corrected chi connectivity index (χ4v) is 2.45. The molecule has 0 aromatic carbocycles. The quantitative estimate of drug-likeness (QED) is 0.676. The van der Waals surface area contributed by atoms with Crippen LogP contribution in [-0.2, 0) is 16.6 Å². The fraction of sp³-hybridized carbons (Fsp3) is 0.625. The molecule has 86 valence electrons. The Balaban J connectivity index is 2.30. The summed E-state index contributed by atoms with van der Waals surface area (Å²) in [5.41, 5.74) is 2.44. The Morgan fingerprint density at radius 1 is 1.53 bits per heavy atom. The van der Waals surface area contributed by atoms with Crippen molar-refractivity contribution in [1.82, 2.24) is 15.0 Å². The van der Waals surface area contributed by atoms with Gasteiger partial charge in [0.2, 0.25) is 10.0 Å². The highest BCUT2D eigenvalue weighted by atomic mass is 32.2. The number of nitrogens with one attached hydrogen (secondary N) is 2. The maximum atomic E-state index is 11.4. The Kier molecular flexibility index (Phi) is 5.16. The van der Waals surface area contributed by atoms with Gasteiger partial charge in [-0.05, 0) is 6.54 Å². The zero-order valence-electron chi connectivity index (χ0n) is 8.56. The molecule has 5 nitrogen and oxygen atoms in total. The van der Waals surface area contributed by atoms with Crippen molar-refractivity contribution in [1.29, 1.82) is 0 Å². The Labute approximate surface area is 94.0 Å². The fourth-order valence-electron chi connectivity index (χ4n) is 0.964. The van der Waals surface area contributed by atoms with Gasteiger partial charge in [-0.3, -0.25) is 0 Å². The molecule has 0 radical (unpaired) electrons. The zero-order valence-corrected chi connectivity index (χ0v) is 10.2. The lowest BCUT2D eigenvalue weighted by molar-refractivity contribution is 0.576. The van der Waals surface area contributed by atoms with Crippen LogP contribution in [0.4, 0.5) is 0 Å². The third-order valence-electron chi connectivity index (χ3n) is 1.75. The summed E-state index contributed by atoms with van der Waals surface area (Å²) in [4.78, 5) is 3.99. The summed E-state index contributed by atoms with van der Waals surface area (Å²) in [7, 11) is -3.18. The number of nitrogens with zero attached hydrogens (tertiary/aromatic N) is 1. The SMILES string of the molecule is CCNCCS(=O)(=O)NCc1cscn1. The summed E-state index contributed by atoms with van der Waals surface area (Å²) in [6.07, 6.45) is 0. The molecule has 0 amide bonds. The van der Waals surface area contributed by atoms with Gasteiger partial charge in [-0.25, -0.2) is 18.1 Å². The third kappa shape index (κ3) is 5.22. The van der Waals surface area contributed by atoms with E-state index in [1.807, 2.05) is 12.3 Å². The van der Waals surface area contributed by atoms with E-state index in [4.69, 9.17) is 0 Å². The molecule has 1 aromatic heterocycles. The standard InChI is InChI=1S/C8H15N3O2S2/c1-2-9-3-4-15(12,13)11-5-8-6-14-7-10-8/h6-7,9,11H,2-5H2,1H3. The monoisotopic (exact) mass is 249 g/mol. The molecule has 1 rings (SSSR count). The minimum atomic E-state index is -3.18. The molecular formula is C8H15N3O2S2. The minimum absolute atomic E-state index is 0.102. The van der Waals surface area contributed by atoms with E-state index in [1.54, 1.807) is 5.51 Å². The molecule has 0 aliphatic heterocycles. The van der Waals surface area contributed by atoms with Gasteiger partial charge in [0.1, 0.15) is 0 Å². The van der Waals surface area contributed by atoms with Gasteiger partial charge in [-0.1, -0.05) is 6.92 Å². The van der Waals surface area contributed by atoms with Crippen molar-refractivity contribution in [2.24, 2.45) is 0 Å². The first-order valence-electron chi connectivity index (χ1n) is 4.69. The van der Waals surface area contributed by atoms with Crippen molar-refractivity contribution in [3.05, 3.63) is 16.6 Å². The highest BCUT2D eigenvalue weighted by Crippen LogP contribution is 2.00. The van der Waals surface area contributed by atoms with Crippen LogP contribution in [0.25, 0.3) is 0 Å². The molecule has 0 spiro atoms. The van der Waals surface area contributed by atoms with Crippen molar-refractivity contribution >= 4 is 21.4 Å². The van der Waals surface area contributed by atoms with Gasteiger partial charge >= 0.3 is 0 Å². The molecule has 0 bridgehead atoms. The number of thiazole rings is 1. The van der Waals surface area contributed by atoms with Crippen molar-refractivity contribution in [3.8, 4) is 0 Å². The van der Waals surface area contributed by atoms with Gasteiger partial charge in [-0.2, -0.15) is 0 Å². The lowest BCUT2D eigenvalue weighted by Crippen LogP contribution is -2.31. The molecule has 2 N–H and O–H groups in total. The second-order valence-electron chi connectivity index (χ2n) is 2.97. The molecule has 0 aliphatic rings. The average molecular weight is 249 g/mol. The van der Waals surface area contributed by atoms with Crippen molar-refractivity contribution in [2.75, 3.05) is 18.8 Å². The van der Waals surface area contributed by atoms with Crippen LogP contribution in [0.15, 0.2) is 10.9 Å². The van der Waals surface area contributed by atoms with E-state index in [9.17, 15) is 8.42 Å². The van der Waals surface area contributed by atoms with Crippen LogP contribution in [0, 0.1) is 0 Å². The second-order valence-corrected chi connectivity index (χ2v) is 5.62. The smallest absolute Gasteiger partial charge is 0.213 e. The predicted octanol–water partition coefficient (Wildman–Crippen LogP) is 0.172. The van der Waals surface area contributed by atoms with Crippen LogP contribution in [0.3, 0.4) is 0 Å². The van der Waals surface area contributed by atoms with Gasteiger partial charge < -0.3 is 5.32 Å². The molecule has 15 heavy (non-hydrogen) atoms. The Hall–Kier alpha value is -0.500. The van der Waals surface area contributed by atoms with Gasteiger partial charge in [0.25, 0.3) is 0 Å². The van der Waals surface area contributed by atoms with Crippen molar-refractivity contribution in [2.45, 2.75) is 13.5 Å². The number of hydrogen-bond acceptors (Lipinski definition) is 5. The molecule has 7 heteroatoms. The van der Waals surface area contributed by atoms with E-state index in [2.05, 4.69) is 15.0 Å². The van der Waals surface area contributed by atoms with E-state index in [0.29, 0.717) is 6.54 Å². The summed E-state index contributed by atoms with van der Waals surface area (Å²) >= 11 is 1.45. The van der Waals surface area contributed by atoms with Gasteiger partial charge in [0.15, 0.2) is 0 Å². The molecule has 1 aromatic rings. The molecule has 0 aliphatic carbocycles. The number of aromatic nitrogens is 1. The highest BCUT2D eigenvalue weighted by molar-refractivity contribution is 7.89. The Morgan fingerprint density at radius 3 is 2.93 bits per heavy atom. The van der Waals surface area contributed by atoms with Crippen LogP contribution in [0.1, 0.15) is 12.6 Å². The van der Waals surface area contributed by atoms with Crippen molar-refractivity contribution < 1.29 is 8.42 Å². The number of sulfonamides is 1. The molecule has 0 unspecified atom stereocenters. The first-order chi connectivity index (χ1) is 7.14. The Morgan fingerprint density at radius 2 is 2.33 bits per heavy atom. The van der Waals surface area contributed by atoms with Gasteiger partial charge in [0.05, 0.1) is 23.5 Å². The van der Waals surface area contributed by atoms with Gasteiger partial charge in [-0.15, -0.1) is 11.3 Å². The highest BCUT2D eigenvalue weighted by Gasteiger charge is 2.09. The number of hydrogen-bond donors (Lipinski definition) is 2. The number of rotatable bonds is 7. The maximum absolute atomic E-state index is 11.4. The summed E-state index contributed by atoms with van der Waals surface area (Å²) < 4.78 is 25.3. The van der Waals surface area contributed by atoms with E-state index >= 15 is 0 Å². The molecule has 1 heterocycles. The van der Waals surface area contributed by atoms with E-state index in [-0.39, 0.29) is 12.3 Å². The summed E-state index contributed by atoms with van der Waals surface area (Å²) in [5.74, 6) is 0.102.